The molecular weight excluding hydrogens is 384 g/mol. The highest BCUT2D eigenvalue weighted by Gasteiger charge is 2.18. The van der Waals surface area contributed by atoms with Crippen LogP contribution in [0.4, 0.5) is 0 Å². The van der Waals surface area contributed by atoms with E-state index in [1.54, 1.807) is 47.1 Å². The van der Waals surface area contributed by atoms with E-state index in [9.17, 15) is 14.7 Å². The molecule has 0 aliphatic rings. The molecule has 1 heterocycles. The van der Waals surface area contributed by atoms with Gasteiger partial charge in [-0.25, -0.2) is 14.3 Å². The Morgan fingerprint density at radius 1 is 1.03 bits per heavy atom. The number of carboxylic acids is 1. The number of aromatic carboxylic acids is 1. The normalized spacial score (nSPS) is 11.2. The van der Waals surface area contributed by atoms with Gasteiger partial charge in [0.15, 0.2) is 0 Å². The molecule has 0 saturated carbocycles. The first-order valence-electron chi connectivity index (χ1n) is 9.48. The lowest BCUT2D eigenvalue weighted by Gasteiger charge is -2.19. The van der Waals surface area contributed by atoms with Crippen molar-refractivity contribution in [2.75, 3.05) is 0 Å². The van der Waals surface area contributed by atoms with Crippen LogP contribution in [0, 0.1) is 6.92 Å². The summed E-state index contributed by atoms with van der Waals surface area (Å²) >= 11 is 0. The van der Waals surface area contributed by atoms with Crippen molar-refractivity contribution in [1.29, 1.82) is 0 Å². The van der Waals surface area contributed by atoms with Crippen molar-refractivity contribution in [2.45, 2.75) is 39.9 Å². The molecule has 2 aromatic carbocycles. The van der Waals surface area contributed by atoms with Gasteiger partial charge in [-0.2, -0.15) is 5.10 Å². The Balaban J connectivity index is 1.73. The van der Waals surface area contributed by atoms with Gasteiger partial charge >= 0.3 is 11.9 Å². The van der Waals surface area contributed by atoms with Crippen LogP contribution in [-0.4, -0.2) is 32.4 Å². The standard InChI is InChI=1S/C23H24N2O5/c1-15-12-20(25(24-15)19-7-5-6-18(13-19)21(26)27)29-14-16-8-10-17(11-9-16)22(28)30-23(2,3)4/h5-13H,14H2,1-4H3,(H,26,27). The summed E-state index contributed by atoms with van der Waals surface area (Å²) in [5, 5.41) is 13.6. The summed E-state index contributed by atoms with van der Waals surface area (Å²) in [5.41, 5.74) is 2.30. The van der Waals surface area contributed by atoms with E-state index >= 15 is 0 Å². The van der Waals surface area contributed by atoms with Gasteiger partial charge in [-0.3, -0.25) is 0 Å². The highest BCUT2D eigenvalue weighted by atomic mass is 16.6. The molecule has 0 spiro atoms. The molecule has 0 radical (unpaired) electrons. The molecule has 0 bridgehead atoms. The summed E-state index contributed by atoms with van der Waals surface area (Å²) in [5.74, 6) is -0.887. The first-order chi connectivity index (χ1) is 14.1. The summed E-state index contributed by atoms with van der Waals surface area (Å²) in [6, 6.07) is 15.3. The van der Waals surface area contributed by atoms with Gasteiger partial charge in [-0.1, -0.05) is 18.2 Å². The van der Waals surface area contributed by atoms with Crippen LogP contribution in [-0.2, 0) is 11.3 Å². The quantitative estimate of drug-likeness (QED) is 0.608. The third kappa shape index (κ3) is 5.26. The van der Waals surface area contributed by atoms with E-state index in [4.69, 9.17) is 9.47 Å². The maximum absolute atomic E-state index is 12.1. The number of aromatic nitrogens is 2. The molecule has 30 heavy (non-hydrogen) atoms. The Kier molecular flexibility index (Phi) is 5.91. The van der Waals surface area contributed by atoms with Gasteiger partial charge in [0.05, 0.1) is 22.5 Å². The molecule has 7 nitrogen and oxygen atoms in total. The van der Waals surface area contributed by atoms with Gasteiger partial charge in [0.2, 0.25) is 5.88 Å². The second-order valence-corrected chi connectivity index (χ2v) is 7.88. The minimum atomic E-state index is -1.01. The molecule has 0 fully saturated rings. The van der Waals surface area contributed by atoms with E-state index in [0.29, 0.717) is 17.1 Å². The zero-order valence-corrected chi connectivity index (χ0v) is 17.4. The van der Waals surface area contributed by atoms with Crippen molar-refractivity contribution in [3.8, 4) is 11.6 Å². The monoisotopic (exact) mass is 408 g/mol. The molecule has 0 unspecified atom stereocenters. The molecule has 156 valence electrons. The fraction of sp³-hybridized carbons (Fsp3) is 0.261. The number of esters is 1. The molecular formula is C23H24N2O5. The predicted molar refractivity (Wildman–Crippen MR) is 111 cm³/mol. The van der Waals surface area contributed by atoms with E-state index in [1.807, 2.05) is 27.7 Å². The summed E-state index contributed by atoms with van der Waals surface area (Å²) in [6.07, 6.45) is 0. The number of carboxylic acid groups (broad SMARTS) is 1. The van der Waals surface area contributed by atoms with E-state index in [0.717, 1.165) is 11.3 Å². The van der Waals surface area contributed by atoms with Crippen LogP contribution in [0.1, 0.15) is 52.7 Å². The largest absolute Gasteiger partial charge is 0.478 e. The van der Waals surface area contributed by atoms with E-state index < -0.39 is 11.6 Å². The fourth-order valence-corrected chi connectivity index (χ4v) is 2.77. The number of hydrogen-bond donors (Lipinski definition) is 1. The number of ether oxygens (including phenoxy) is 2. The number of benzene rings is 2. The molecule has 1 N–H and O–H groups in total. The van der Waals surface area contributed by atoms with Crippen LogP contribution < -0.4 is 4.74 Å². The zero-order chi connectivity index (χ0) is 21.9. The number of hydrogen-bond acceptors (Lipinski definition) is 5. The average Bonchev–Trinajstić information content (AvgIpc) is 3.06. The van der Waals surface area contributed by atoms with Gasteiger partial charge in [0, 0.05) is 6.07 Å². The van der Waals surface area contributed by atoms with Gasteiger partial charge in [-0.05, 0) is 63.6 Å². The van der Waals surface area contributed by atoms with Crippen LogP contribution >= 0.6 is 0 Å². The summed E-state index contributed by atoms with van der Waals surface area (Å²) in [4.78, 5) is 23.4. The third-order valence-corrected chi connectivity index (χ3v) is 4.11. The summed E-state index contributed by atoms with van der Waals surface area (Å²) in [6.45, 7) is 7.57. The summed E-state index contributed by atoms with van der Waals surface area (Å²) in [7, 11) is 0. The van der Waals surface area contributed by atoms with Gasteiger partial charge < -0.3 is 14.6 Å². The van der Waals surface area contributed by atoms with Crippen LogP contribution in [0.15, 0.2) is 54.6 Å². The first-order valence-corrected chi connectivity index (χ1v) is 9.48. The number of rotatable bonds is 6. The van der Waals surface area contributed by atoms with Crippen molar-refractivity contribution in [1.82, 2.24) is 9.78 Å². The first kappa shape index (κ1) is 21.1. The number of nitrogens with zero attached hydrogens (tertiary/aromatic N) is 2. The third-order valence-electron chi connectivity index (χ3n) is 4.11. The van der Waals surface area contributed by atoms with Gasteiger partial charge in [-0.15, -0.1) is 0 Å². The fourth-order valence-electron chi connectivity index (χ4n) is 2.77. The van der Waals surface area contributed by atoms with Crippen molar-refractivity contribution < 1.29 is 24.2 Å². The molecule has 0 amide bonds. The molecule has 3 rings (SSSR count). The van der Waals surface area contributed by atoms with Crippen molar-refractivity contribution >= 4 is 11.9 Å². The van der Waals surface area contributed by atoms with E-state index in [-0.39, 0.29) is 18.1 Å². The van der Waals surface area contributed by atoms with Crippen LogP contribution in [0.3, 0.4) is 0 Å². The molecule has 1 aromatic heterocycles. The van der Waals surface area contributed by atoms with E-state index in [1.165, 1.54) is 12.1 Å². The van der Waals surface area contributed by atoms with Gasteiger partial charge in [0.1, 0.15) is 12.2 Å². The molecule has 0 aliphatic carbocycles. The lowest BCUT2D eigenvalue weighted by molar-refractivity contribution is 0.00692. The molecule has 7 heteroatoms. The minimum Gasteiger partial charge on any atom is -0.478 e. The lowest BCUT2D eigenvalue weighted by Crippen LogP contribution is -2.23. The maximum atomic E-state index is 12.1. The lowest BCUT2D eigenvalue weighted by atomic mass is 10.1. The van der Waals surface area contributed by atoms with Crippen molar-refractivity contribution in [2.24, 2.45) is 0 Å². The van der Waals surface area contributed by atoms with Crippen LogP contribution in [0.2, 0.25) is 0 Å². The second kappa shape index (κ2) is 8.41. The molecule has 0 atom stereocenters. The number of carbonyl (C=O) groups excluding carboxylic acids is 1. The maximum Gasteiger partial charge on any atom is 0.338 e. The topological polar surface area (TPSA) is 90.7 Å². The van der Waals surface area contributed by atoms with E-state index in [2.05, 4.69) is 5.10 Å². The van der Waals surface area contributed by atoms with Crippen LogP contribution in [0.25, 0.3) is 5.69 Å². The minimum absolute atomic E-state index is 0.171. The smallest absolute Gasteiger partial charge is 0.338 e. The summed E-state index contributed by atoms with van der Waals surface area (Å²) < 4.78 is 12.8. The predicted octanol–water partition coefficient (Wildman–Crippen LogP) is 4.41. The Bertz CT molecular complexity index is 1060. The Hall–Kier alpha value is -3.61. The second-order valence-electron chi connectivity index (χ2n) is 7.88. The Labute approximate surface area is 174 Å². The Morgan fingerprint density at radius 2 is 1.73 bits per heavy atom. The highest BCUT2D eigenvalue weighted by molar-refractivity contribution is 5.89. The molecule has 0 saturated heterocycles. The number of aryl methyl sites for hydroxylation is 1. The van der Waals surface area contributed by atoms with Crippen LogP contribution in [0.5, 0.6) is 5.88 Å². The van der Waals surface area contributed by atoms with Crippen molar-refractivity contribution in [3.05, 3.63) is 77.0 Å². The zero-order valence-electron chi connectivity index (χ0n) is 17.4. The molecule has 0 aliphatic heterocycles. The average molecular weight is 408 g/mol. The number of carbonyl (C=O) groups is 2. The van der Waals surface area contributed by atoms with Gasteiger partial charge in [0.25, 0.3) is 0 Å². The van der Waals surface area contributed by atoms with Crippen molar-refractivity contribution in [3.63, 3.8) is 0 Å². The Morgan fingerprint density at radius 3 is 2.37 bits per heavy atom. The molecule has 3 aromatic rings. The highest BCUT2D eigenvalue weighted by Crippen LogP contribution is 2.22. The SMILES string of the molecule is Cc1cc(OCc2ccc(C(=O)OC(C)(C)C)cc2)n(-c2cccc(C(=O)O)c2)n1.